The number of nitriles is 2. The summed E-state index contributed by atoms with van der Waals surface area (Å²) in [5.41, 5.74) is 9.32. The van der Waals surface area contributed by atoms with Crippen LogP contribution in [0.15, 0.2) is 176 Å². The van der Waals surface area contributed by atoms with Crippen LogP contribution >= 0.6 is 0 Å². The van der Waals surface area contributed by atoms with Gasteiger partial charge >= 0.3 is 0 Å². The molecule has 0 aliphatic rings. The van der Waals surface area contributed by atoms with Crippen LogP contribution < -0.4 is 4.90 Å². The van der Waals surface area contributed by atoms with Crippen molar-refractivity contribution in [3.8, 4) is 23.5 Å². The summed E-state index contributed by atoms with van der Waals surface area (Å²) in [4.78, 5) is 2.27. The number of anilines is 3. The average molecular weight is 676 g/mol. The first-order valence-electron chi connectivity index (χ1n) is 17.6. The summed E-state index contributed by atoms with van der Waals surface area (Å²) in [6.45, 7) is 0. The van der Waals surface area contributed by atoms with Gasteiger partial charge in [0.1, 0.15) is 12.1 Å². The second-order valence-electron chi connectivity index (χ2n) is 13.2. The van der Waals surface area contributed by atoms with E-state index < -0.39 is 0 Å². The van der Waals surface area contributed by atoms with Crippen molar-refractivity contribution in [1.29, 1.82) is 10.5 Å². The number of hydrogen-bond acceptors (Lipinski definition) is 3. The van der Waals surface area contributed by atoms with E-state index in [4.69, 9.17) is 0 Å². The van der Waals surface area contributed by atoms with Gasteiger partial charge in [0.2, 0.25) is 0 Å². The molecule has 5 nitrogen and oxygen atoms in total. The first kappa shape index (κ1) is 30.2. The Bertz CT molecular complexity index is 3050. The van der Waals surface area contributed by atoms with Gasteiger partial charge in [0, 0.05) is 38.6 Å². The van der Waals surface area contributed by atoms with Crippen LogP contribution in [0.2, 0.25) is 0 Å². The van der Waals surface area contributed by atoms with Crippen molar-refractivity contribution in [1.82, 2.24) is 9.13 Å². The molecule has 2 aromatic heterocycles. The van der Waals surface area contributed by atoms with Crippen LogP contribution in [0, 0.1) is 22.7 Å². The topological polar surface area (TPSA) is 60.7 Å². The van der Waals surface area contributed by atoms with Gasteiger partial charge in [-0.25, -0.2) is 0 Å². The summed E-state index contributed by atoms with van der Waals surface area (Å²) in [6.07, 6.45) is 0. The van der Waals surface area contributed by atoms with E-state index in [2.05, 4.69) is 154 Å². The van der Waals surface area contributed by atoms with Crippen LogP contribution in [-0.2, 0) is 0 Å². The predicted octanol–water partition coefficient (Wildman–Crippen LogP) is 12.2. The fraction of sp³-hybridized carbons (Fsp3) is 0. The Morgan fingerprint density at radius 3 is 1.43 bits per heavy atom. The highest BCUT2D eigenvalue weighted by Crippen LogP contribution is 2.43. The maximum atomic E-state index is 10.9. The van der Waals surface area contributed by atoms with Gasteiger partial charge in [-0.3, -0.25) is 0 Å². The maximum Gasteiger partial charge on any atom is 0.101 e. The SMILES string of the molecule is N#Cc1cc(-n2c3ccc(N(c4ccccc4)c4ccccc4)cc3c3c4ccccc4ccc32)c(C#N)cc1-n1c2ccccc2c2ccccc21. The minimum Gasteiger partial charge on any atom is -0.310 e. The molecular weight excluding hydrogens is 647 g/mol. The maximum absolute atomic E-state index is 10.9. The molecule has 0 saturated carbocycles. The molecule has 0 aliphatic heterocycles. The van der Waals surface area contributed by atoms with Crippen molar-refractivity contribution >= 4 is 71.4 Å². The van der Waals surface area contributed by atoms with Crippen LogP contribution in [0.3, 0.4) is 0 Å². The van der Waals surface area contributed by atoms with Crippen LogP contribution in [0.5, 0.6) is 0 Å². The lowest BCUT2D eigenvalue weighted by molar-refractivity contribution is 1.12. The Balaban J connectivity index is 1.27. The third kappa shape index (κ3) is 4.62. The first-order chi connectivity index (χ1) is 26.2. The fourth-order valence-electron chi connectivity index (χ4n) is 8.09. The zero-order valence-corrected chi connectivity index (χ0v) is 28.5. The lowest BCUT2D eigenvalue weighted by Gasteiger charge is -2.25. The van der Waals surface area contributed by atoms with Gasteiger partial charge in [-0.05, 0) is 83.6 Å². The van der Waals surface area contributed by atoms with Gasteiger partial charge in [-0.2, -0.15) is 10.5 Å². The van der Waals surface area contributed by atoms with Crippen LogP contribution in [-0.4, -0.2) is 9.13 Å². The van der Waals surface area contributed by atoms with Gasteiger partial charge < -0.3 is 14.0 Å². The summed E-state index contributed by atoms with van der Waals surface area (Å²) in [5, 5.41) is 28.2. The van der Waals surface area contributed by atoms with Crippen LogP contribution in [0.4, 0.5) is 17.1 Å². The summed E-state index contributed by atoms with van der Waals surface area (Å²) in [5.74, 6) is 0. The number of benzene rings is 8. The molecule has 0 bridgehead atoms. The normalized spacial score (nSPS) is 11.4. The van der Waals surface area contributed by atoms with E-state index >= 15 is 0 Å². The second kappa shape index (κ2) is 12.0. The molecule has 246 valence electrons. The molecule has 10 rings (SSSR count). The fourth-order valence-corrected chi connectivity index (χ4v) is 8.09. The molecule has 0 spiro atoms. The van der Waals surface area contributed by atoms with Gasteiger partial charge in [0.15, 0.2) is 0 Å². The van der Waals surface area contributed by atoms with Crippen molar-refractivity contribution in [3.05, 3.63) is 187 Å². The van der Waals surface area contributed by atoms with Gasteiger partial charge in [0.05, 0.1) is 44.6 Å². The number of fused-ring (bicyclic) bond motifs is 8. The van der Waals surface area contributed by atoms with Crippen molar-refractivity contribution in [2.45, 2.75) is 0 Å². The Morgan fingerprint density at radius 2 is 0.849 bits per heavy atom. The largest absolute Gasteiger partial charge is 0.310 e. The molecule has 0 aliphatic carbocycles. The summed E-state index contributed by atoms with van der Waals surface area (Å²) in [7, 11) is 0. The van der Waals surface area contributed by atoms with Crippen LogP contribution in [0.1, 0.15) is 11.1 Å². The van der Waals surface area contributed by atoms with E-state index in [0.29, 0.717) is 22.5 Å². The molecule has 0 N–H and O–H groups in total. The Kier molecular flexibility index (Phi) is 6.86. The number of nitrogens with zero attached hydrogens (tertiary/aromatic N) is 5. The molecule has 0 atom stereocenters. The molecule has 0 unspecified atom stereocenters. The van der Waals surface area contributed by atoms with Crippen molar-refractivity contribution in [3.63, 3.8) is 0 Å². The monoisotopic (exact) mass is 675 g/mol. The molecular formula is C48H29N5. The molecule has 53 heavy (non-hydrogen) atoms. The van der Waals surface area contributed by atoms with Crippen LogP contribution in [0.25, 0.3) is 65.8 Å². The standard InChI is InChI=1S/C48H29N5/c49-30-33-28-47(34(31-50)27-46(33)52-42-21-11-9-19-39(42)40-20-10-12-22-43(40)52)53-44-26-24-37(51(35-14-3-1-4-15-35)36-16-5-2-6-17-36)29-41(44)48-38-18-8-7-13-32(38)23-25-45(48)53/h1-29H. The predicted molar refractivity (Wildman–Crippen MR) is 217 cm³/mol. The third-order valence-electron chi connectivity index (χ3n) is 10.3. The minimum atomic E-state index is 0.479. The van der Waals surface area contributed by atoms with Crippen molar-refractivity contribution in [2.24, 2.45) is 0 Å². The lowest BCUT2D eigenvalue weighted by atomic mass is 10.0. The van der Waals surface area contributed by atoms with E-state index in [1.54, 1.807) is 0 Å². The quantitative estimate of drug-likeness (QED) is 0.182. The number of para-hydroxylation sites is 4. The Hall–Kier alpha value is -7.60. The molecule has 0 amide bonds. The van der Waals surface area contributed by atoms with E-state index in [9.17, 15) is 10.5 Å². The van der Waals surface area contributed by atoms with E-state index in [1.165, 1.54) is 0 Å². The molecule has 5 heteroatoms. The minimum absolute atomic E-state index is 0.479. The van der Waals surface area contributed by atoms with E-state index in [1.807, 2.05) is 48.5 Å². The Labute approximate surface area is 305 Å². The van der Waals surface area contributed by atoms with E-state index in [0.717, 1.165) is 71.4 Å². The highest BCUT2D eigenvalue weighted by molar-refractivity contribution is 6.22. The first-order valence-corrected chi connectivity index (χ1v) is 17.6. The number of rotatable bonds is 5. The zero-order valence-electron chi connectivity index (χ0n) is 28.5. The molecule has 0 saturated heterocycles. The molecule has 0 radical (unpaired) electrons. The summed E-state index contributed by atoms with van der Waals surface area (Å²) < 4.78 is 4.27. The molecule has 10 aromatic rings. The smallest absolute Gasteiger partial charge is 0.101 e. The van der Waals surface area contributed by atoms with Gasteiger partial charge in [-0.1, -0.05) is 103 Å². The molecule has 8 aromatic carbocycles. The zero-order chi connectivity index (χ0) is 35.5. The number of hydrogen-bond donors (Lipinski definition) is 0. The number of aromatic nitrogens is 2. The van der Waals surface area contributed by atoms with Crippen molar-refractivity contribution in [2.75, 3.05) is 4.90 Å². The highest BCUT2D eigenvalue weighted by atomic mass is 15.1. The van der Waals surface area contributed by atoms with Crippen molar-refractivity contribution < 1.29 is 0 Å². The van der Waals surface area contributed by atoms with Gasteiger partial charge in [0.25, 0.3) is 0 Å². The third-order valence-corrected chi connectivity index (χ3v) is 10.3. The second-order valence-corrected chi connectivity index (χ2v) is 13.2. The lowest BCUT2D eigenvalue weighted by Crippen LogP contribution is -2.09. The highest BCUT2D eigenvalue weighted by Gasteiger charge is 2.23. The Morgan fingerprint density at radius 1 is 0.377 bits per heavy atom. The average Bonchev–Trinajstić information content (AvgIpc) is 3.74. The van der Waals surface area contributed by atoms with Gasteiger partial charge in [-0.15, -0.1) is 0 Å². The van der Waals surface area contributed by atoms with E-state index in [-0.39, 0.29) is 0 Å². The summed E-state index contributed by atoms with van der Waals surface area (Å²) >= 11 is 0. The molecule has 2 heterocycles. The molecule has 0 fully saturated rings. The summed E-state index contributed by atoms with van der Waals surface area (Å²) in [6, 6.07) is 65.3.